The van der Waals surface area contributed by atoms with Gasteiger partial charge in [0.2, 0.25) is 0 Å². The molecule has 1 heterocycles. The molecule has 0 fully saturated rings. The van der Waals surface area contributed by atoms with Gasteiger partial charge in [-0.15, -0.1) is 0 Å². The molecule has 2 unspecified atom stereocenters. The molecule has 0 aromatic heterocycles. The van der Waals surface area contributed by atoms with Gasteiger partial charge in [0.25, 0.3) is 0 Å². The van der Waals surface area contributed by atoms with E-state index in [0.29, 0.717) is 17.1 Å². The second kappa shape index (κ2) is 9.02. The molecule has 3 aromatic rings. The number of carbonyl (C=O) groups is 1. The molecular formula is C26H26O6. The first-order chi connectivity index (χ1) is 15.4. The van der Waals surface area contributed by atoms with Crippen LogP contribution in [0.2, 0.25) is 0 Å². The van der Waals surface area contributed by atoms with E-state index in [2.05, 4.69) is 0 Å². The van der Waals surface area contributed by atoms with Crippen LogP contribution in [0.3, 0.4) is 0 Å². The largest absolute Gasteiger partial charge is 0.491 e. The van der Waals surface area contributed by atoms with Crippen LogP contribution in [0.25, 0.3) is 0 Å². The van der Waals surface area contributed by atoms with Crippen molar-refractivity contribution in [1.29, 1.82) is 0 Å². The van der Waals surface area contributed by atoms with E-state index >= 15 is 0 Å². The first kappa shape index (κ1) is 21.9. The lowest BCUT2D eigenvalue weighted by atomic mass is 9.80. The Labute approximate surface area is 187 Å². The zero-order valence-corrected chi connectivity index (χ0v) is 18.0. The van der Waals surface area contributed by atoms with Crippen LogP contribution >= 0.6 is 0 Å². The fourth-order valence-electron chi connectivity index (χ4n) is 3.82. The van der Waals surface area contributed by atoms with Gasteiger partial charge < -0.3 is 24.4 Å². The van der Waals surface area contributed by atoms with E-state index in [1.165, 1.54) is 0 Å². The number of aliphatic hydroxyl groups is 2. The maximum Gasteiger partial charge on any atom is 0.340 e. The minimum Gasteiger partial charge on any atom is -0.491 e. The summed E-state index contributed by atoms with van der Waals surface area (Å²) < 4.78 is 17.2. The number of ether oxygens (including phenoxy) is 3. The normalized spacial score (nSPS) is 19.1. The minimum absolute atomic E-state index is 0.191. The Kier molecular flexibility index (Phi) is 6.17. The molecule has 6 heteroatoms. The molecule has 0 spiro atoms. The molecule has 0 amide bonds. The molecule has 0 aliphatic carbocycles. The first-order valence-corrected chi connectivity index (χ1v) is 10.6. The lowest BCUT2D eigenvalue weighted by Crippen LogP contribution is -2.29. The molecule has 1 aliphatic heterocycles. The molecule has 32 heavy (non-hydrogen) atoms. The Bertz CT molecular complexity index is 1010. The van der Waals surface area contributed by atoms with Gasteiger partial charge in [-0.1, -0.05) is 42.5 Å². The monoisotopic (exact) mass is 434 g/mol. The van der Waals surface area contributed by atoms with Crippen LogP contribution in [0.5, 0.6) is 11.5 Å². The zero-order valence-electron chi connectivity index (χ0n) is 18.0. The van der Waals surface area contributed by atoms with Crippen molar-refractivity contribution in [2.45, 2.75) is 31.7 Å². The SMILES string of the molecule is CC(O)COc1ccc(C2(c3ccc(OCC(C)O)cc3)OC(=O)c3ccccc32)cc1. The van der Waals surface area contributed by atoms with Crippen LogP contribution in [0.4, 0.5) is 0 Å². The van der Waals surface area contributed by atoms with Gasteiger partial charge in [0.1, 0.15) is 24.7 Å². The number of esters is 1. The van der Waals surface area contributed by atoms with Crippen molar-refractivity contribution < 1.29 is 29.2 Å². The predicted octanol–water partition coefficient (Wildman–Crippen LogP) is 3.67. The van der Waals surface area contributed by atoms with E-state index in [1.54, 1.807) is 44.2 Å². The molecule has 3 aromatic carbocycles. The number of benzene rings is 3. The standard InChI is InChI=1S/C26H26O6/c1-17(27)15-30-21-11-7-19(8-12-21)26(24-6-4-3-5-23(24)25(29)32-26)20-9-13-22(14-10-20)31-16-18(2)28/h3-14,17-18,27-28H,15-16H2,1-2H3. The van der Waals surface area contributed by atoms with Crippen molar-refractivity contribution in [2.75, 3.05) is 13.2 Å². The molecule has 0 saturated carbocycles. The summed E-state index contributed by atoms with van der Waals surface area (Å²) in [4.78, 5) is 12.8. The predicted molar refractivity (Wildman–Crippen MR) is 119 cm³/mol. The molecule has 4 rings (SSSR count). The smallest absolute Gasteiger partial charge is 0.340 e. The maximum absolute atomic E-state index is 12.8. The summed E-state index contributed by atoms with van der Waals surface area (Å²) in [5, 5.41) is 18.9. The minimum atomic E-state index is -1.11. The molecule has 0 saturated heterocycles. The van der Waals surface area contributed by atoms with Crippen molar-refractivity contribution in [1.82, 2.24) is 0 Å². The number of cyclic esters (lactones) is 1. The van der Waals surface area contributed by atoms with Crippen LogP contribution in [0.1, 0.15) is 40.9 Å². The zero-order chi connectivity index (χ0) is 22.7. The Morgan fingerprint density at radius 2 is 1.25 bits per heavy atom. The summed E-state index contributed by atoms with van der Waals surface area (Å²) in [5.74, 6) is 0.845. The van der Waals surface area contributed by atoms with Gasteiger partial charge in [0, 0.05) is 16.7 Å². The highest BCUT2D eigenvalue weighted by Crippen LogP contribution is 2.47. The molecule has 6 nitrogen and oxygen atoms in total. The number of rotatable bonds is 8. The molecule has 0 radical (unpaired) electrons. The average molecular weight is 434 g/mol. The van der Waals surface area contributed by atoms with Gasteiger partial charge in [-0.2, -0.15) is 0 Å². The average Bonchev–Trinajstić information content (AvgIpc) is 3.10. The number of aliphatic hydroxyl groups excluding tert-OH is 2. The number of fused-ring (bicyclic) bond motifs is 1. The van der Waals surface area contributed by atoms with E-state index in [0.717, 1.165) is 16.7 Å². The molecule has 166 valence electrons. The Balaban J connectivity index is 1.75. The topological polar surface area (TPSA) is 85.2 Å². The molecule has 1 aliphatic rings. The van der Waals surface area contributed by atoms with E-state index in [1.807, 2.05) is 42.5 Å². The Hall–Kier alpha value is -3.35. The van der Waals surface area contributed by atoms with Crippen LogP contribution in [-0.2, 0) is 10.3 Å². The second-order valence-electron chi connectivity index (χ2n) is 7.99. The van der Waals surface area contributed by atoms with Gasteiger partial charge in [-0.05, 0) is 44.2 Å². The first-order valence-electron chi connectivity index (χ1n) is 10.6. The number of carbonyl (C=O) groups excluding carboxylic acids is 1. The van der Waals surface area contributed by atoms with Crippen molar-refractivity contribution >= 4 is 5.97 Å². The molecular weight excluding hydrogens is 408 g/mol. The lowest BCUT2D eigenvalue weighted by Gasteiger charge is -2.30. The van der Waals surface area contributed by atoms with Crippen molar-refractivity contribution in [3.8, 4) is 11.5 Å². The Morgan fingerprint density at radius 3 is 1.72 bits per heavy atom. The summed E-state index contributed by atoms with van der Waals surface area (Å²) in [5.41, 5.74) is 1.73. The third kappa shape index (κ3) is 4.20. The highest BCUT2D eigenvalue weighted by atomic mass is 16.6. The van der Waals surface area contributed by atoms with Gasteiger partial charge in [0.05, 0.1) is 17.8 Å². The van der Waals surface area contributed by atoms with E-state index in [9.17, 15) is 15.0 Å². The van der Waals surface area contributed by atoms with Crippen molar-refractivity contribution in [2.24, 2.45) is 0 Å². The summed E-state index contributed by atoms with van der Waals surface area (Å²) >= 11 is 0. The van der Waals surface area contributed by atoms with Crippen molar-refractivity contribution in [3.05, 3.63) is 95.1 Å². The van der Waals surface area contributed by atoms with E-state index in [4.69, 9.17) is 14.2 Å². The third-order valence-corrected chi connectivity index (χ3v) is 5.28. The van der Waals surface area contributed by atoms with Crippen LogP contribution in [0, 0.1) is 0 Å². The summed E-state index contributed by atoms with van der Waals surface area (Å²) in [7, 11) is 0. The summed E-state index contributed by atoms with van der Waals surface area (Å²) in [6.45, 7) is 3.70. The number of hydrogen-bond donors (Lipinski definition) is 2. The fraction of sp³-hybridized carbons (Fsp3) is 0.269. The van der Waals surface area contributed by atoms with Crippen LogP contribution < -0.4 is 9.47 Å². The summed E-state index contributed by atoms with van der Waals surface area (Å²) in [6, 6.07) is 22.0. The quantitative estimate of drug-likeness (QED) is 0.526. The summed E-state index contributed by atoms with van der Waals surface area (Å²) in [6.07, 6.45) is -1.14. The van der Waals surface area contributed by atoms with Gasteiger partial charge in [-0.3, -0.25) is 0 Å². The molecule has 2 N–H and O–H groups in total. The second-order valence-corrected chi connectivity index (χ2v) is 7.99. The van der Waals surface area contributed by atoms with Crippen molar-refractivity contribution in [3.63, 3.8) is 0 Å². The maximum atomic E-state index is 12.8. The fourth-order valence-corrected chi connectivity index (χ4v) is 3.82. The van der Waals surface area contributed by atoms with Gasteiger partial charge >= 0.3 is 5.97 Å². The van der Waals surface area contributed by atoms with Gasteiger partial charge in [-0.25, -0.2) is 4.79 Å². The highest BCUT2D eigenvalue weighted by molar-refractivity contribution is 5.96. The van der Waals surface area contributed by atoms with E-state index in [-0.39, 0.29) is 19.2 Å². The third-order valence-electron chi connectivity index (χ3n) is 5.28. The Morgan fingerprint density at radius 1 is 0.781 bits per heavy atom. The van der Waals surface area contributed by atoms with E-state index < -0.39 is 17.8 Å². The number of hydrogen-bond acceptors (Lipinski definition) is 6. The van der Waals surface area contributed by atoms with Crippen LogP contribution in [-0.4, -0.2) is 41.6 Å². The van der Waals surface area contributed by atoms with Crippen LogP contribution in [0.15, 0.2) is 72.8 Å². The molecule has 0 bridgehead atoms. The van der Waals surface area contributed by atoms with Gasteiger partial charge in [0.15, 0.2) is 5.60 Å². The molecule has 2 atom stereocenters. The lowest BCUT2D eigenvalue weighted by molar-refractivity contribution is 0.0251. The highest BCUT2D eigenvalue weighted by Gasteiger charge is 2.48.